The van der Waals surface area contributed by atoms with Gasteiger partial charge in [0.05, 0.1) is 30.4 Å². The third-order valence-corrected chi connectivity index (χ3v) is 5.25. The highest BCUT2D eigenvalue weighted by Gasteiger charge is 2.41. The van der Waals surface area contributed by atoms with E-state index in [0.717, 1.165) is 32.6 Å². The van der Waals surface area contributed by atoms with Crippen molar-refractivity contribution in [1.82, 2.24) is 10.2 Å². The lowest BCUT2D eigenvalue weighted by Gasteiger charge is -2.27. The zero-order chi connectivity index (χ0) is 18.8. The van der Waals surface area contributed by atoms with Crippen molar-refractivity contribution in [1.29, 1.82) is 5.26 Å². The molecule has 130 valence electrons. The molecular weight excluding hydrogens is 346 g/mol. The summed E-state index contributed by atoms with van der Waals surface area (Å²) in [5.74, 6) is 0.309. The van der Waals surface area contributed by atoms with Gasteiger partial charge in [-0.2, -0.15) is 5.26 Å². The number of methoxy groups -OCH3 is 1. The fourth-order valence-electron chi connectivity index (χ4n) is 3.24. The van der Waals surface area contributed by atoms with Crippen molar-refractivity contribution in [2.75, 3.05) is 7.11 Å². The van der Waals surface area contributed by atoms with E-state index in [1.807, 2.05) is 26.8 Å². The normalized spacial score (nSPS) is 19.5. The lowest BCUT2D eigenvalue weighted by Crippen LogP contribution is -2.28. The third kappa shape index (κ3) is 2.98. The summed E-state index contributed by atoms with van der Waals surface area (Å²) in [7, 11) is 1.57. The van der Waals surface area contributed by atoms with Gasteiger partial charge in [-0.1, -0.05) is 17.4 Å². The van der Waals surface area contributed by atoms with Gasteiger partial charge in [-0.3, -0.25) is 4.99 Å². The number of aromatic nitrogens is 2. The number of nitrogens with zero attached hydrogens (tertiary/aromatic N) is 5. The summed E-state index contributed by atoms with van der Waals surface area (Å²) < 4.78 is 5.54. The van der Waals surface area contributed by atoms with E-state index in [0.29, 0.717) is 11.3 Å². The van der Waals surface area contributed by atoms with Crippen LogP contribution in [0.1, 0.15) is 40.9 Å². The van der Waals surface area contributed by atoms with Crippen LogP contribution in [0.2, 0.25) is 0 Å². The molecule has 0 spiro atoms. The average molecular weight is 363 g/mol. The summed E-state index contributed by atoms with van der Waals surface area (Å²) in [5.41, 5.74) is 3.85. The predicted molar refractivity (Wildman–Crippen MR) is 101 cm³/mol. The number of rotatable bonds is 3. The minimum absolute atomic E-state index is 0.278. The molecule has 0 fully saturated rings. The van der Waals surface area contributed by atoms with E-state index < -0.39 is 6.04 Å². The van der Waals surface area contributed by atoms with Crippen LogP contribution in [-0.4, -0.2) is 29.1 Å². The van der Waals surface area contributed by atoms with Crippen molar-refractivity contribution in [2.24, 2.45) is 4.99 Å². The smallest absolute Gasteiger partial charge is 0.272 e. The molecule has 6 nitrogen and oxygen atoms in total. The molecule has 26 heavy (non-hydrogen) atoms. The highest BCUT2D eigenvalue weighted by Crippen LogP contribution is 2.45. The maximum Gasteiger partial charge on any atom is 0.272 e. The first kappa shape index (κ1) is 17.8. The SMILES string of the molecule is [C-]#[N+]C1C(C)=NC(C)=C(c2nnc(C)s2)C1c1ccc(C#N)cc1OC. The fraction of sp³-hybridized carbons (Fsp3) is 0.316. The molecule has 1 aliphatic heterocycles. The van der Waals surface area contributed by atoms with Crippen LogP contribution in [0, 0.1) is 24.8 Å². The Balaban J connectivity index is 2.26. The van der Waals surface area contributed by atoms with Gasteiger partial charge in [0.1, 0.15) is 15.8 Å². The summed E-state index contributed by atoms with van der Waals surface area (Å²) in [4.78, 5) is 8.44. The Kier molecular flexibility index (Phi) is 4.83. The molecule has 0 amide bonds. The van der Waals surface area contributed by atoms with Gasteiger partial charge in [0.15, 0.2) is 0 Å². The molecule has 0 bridgehead atoms. The van der Waals surface area contributed by atoms with Gasteiger partial charge in [0.2, 0.25) is 0 Å². The Labute approximate surface area is 156 Å². The Morgan fingerprint density at radius 1 is 1.27 bits per heavy atom. The molecule has 2 unspecified atom stereocenters. The van der Waals surface area contributed by atoms with Crippen molar-refractivity contribution < 1.29 is 4.74 Å². The van der Waals surface area contributed by atoms with E-state index in [1.54, 1.807) is 19.2 Å². The minimum Gasteiger partial charge on any atom is -0.496 e. The van der Waals surface area contributed by atoms with E-state index in [4.69, 9.17) is 11.3 Å². The van der Waals surface area contributed by atoms with Crippen LogP contribution in [0.15, 0.2) is 28.9 Å². The Hall–Kier alpha value is -3.03. The van der Waals surface area contributed by atoms with E-state index in [1.165, 1.54) is 11.3 Å². The second-order valence-electron chi connectivity index (χ2n) is 6.00. The molecule has 1 aromatic heterocycles. The molecule has 0 saturated heterocycles. The predicted octanol–water partition coefficient (Wildman–Crippen LogP) is 4.00. The molecule has 7 heteroatoms. The van der Waals surface area contributed by atoms with Gasteiger partial charge in [-0.25, -0.2) is 6.57 Å². The number of nitriles is 1. The molecule has 2 heterocycles. The quantitative estimate of drug-likeness (QED) is 0.772. The van der Waals surface area contributed by atoms with Crippen molar-refractivity contribution in [3.63, 3.8) is 0 Å². The average Bonchev–Trinajstić information content (AvgIpc) is 3.06. The standard InChI is InChI=1S/C19H17N5OS/c1-10-16(19-24-23-12(3)26-19)17(18(21-4)11(2)22-10)14-7-6-13(9-20)8-15(14)25-5/h6-8,17-18H,1-3,5H3. The Morgan fingerprint density at radius 2 is 2.04 bits per heavy atom. The lowest BCUT2D eigenvalue weighted by atomic mass is 9.80. The van der Waals surface area contributed by atoms with Gasteiger partial charge in [0.25, 0.3) is 6.04 Å². The number of benzene rings is 1. The van der Waals surface area contributed by atoms with Gasteiger partial charge in [-0.15, -0.1) is 10.2 Å². The van der Waals surface area contributed by atoms with Gasteiger partial charge >= 0.3 is 0 Å². The van der Waals surface area contributed by atoms with Crippen LogP contribution >= 0.6 is 11.3 Å². The summed E-state index contributed by atoms with van der Waals surface area (Å²) in [6.07, 6.45) is 0. The fourth-order valence-corrected chi connectivity index (χ4v) is 4.07. The molecule has 0 N–H and O–H groups in total. The first-order chi connectivity index (χ1) is 12.5. The molecule has 0 saturated carbocycles. The van der Waals surface area contributed by atoms with Gasteiger partial charge in [0, 0.05) is 16.8 Å². The summed E-state index contributed by atoms with van der Waals surface area (Å²) in [6.45, 7) is 13.4. The monoisotopic (exact) mass is 363 g/mol. The number of aryl methyl sites for hydroxylation is 1. The van der Waals surface area contributed by atoms with E-state index in [2.05, 4.69) is 26.1 Å². The largest absolute Gasteiger partial charge is 0.496 e. The molecule has 2 atom stereocenters. The Morgan fingerprint density at radius 3 is 2.62 bits per heavy atom. The van der Waals surface area contributed by atoms with Gasteiger partial charge < -0.3 is 9.58 Å². The first-order valence-corrected chi connectivity index (χ1v) is 8.82. The minimum atomic E-state index is -0.459. The van der Waals surface area contributed by atoms with E-state index in [9.17, 15) is 5.26 Å². The summed E-state index contributed by atoms with van der Waals surface area (Å²) in [6, 6.07) is 6.98. The van der Waals surface area contributed by atoms with Crippen LogP contribution < -0.4 is 4.74 Å². The van der Waals surface area contributed by atoms with Crippen LogP contribution in [0.25, 0.3) is 10.4 Å². The molecular formula is C19H17N5OS. The van der Waals surface area contributed by atoms with Crippen molar-refractivity contribution in [2.45, 2.75) is 32.7 Å². The van der Waals surface area contributed by atoms with Crippen molar-refractivity contribution in [3.8, 4) is 11.8 Å². The highest BCUT2D eigenvalue weighted by molar-refractivity contribution is 7.12. The highest BCUT2D eigenvalue weighted by atomic mass is 32.1. The van der Waals surface area contributed by atoms with Crippen molar-refractivity contribution in [3.05, 3.63) is 56.5 Å². The third-order valence-electron chi connectivity index (χ3n) is 4.38. The van der Waals surface area contributed by atoms with Gasteiger partial charge in [-0.05, 0) is 32.9 Å². The molecule has 1 aromatic carbocycles. The van der Waals surface area contributed by atoms with Crippen LogP contribution in [0.4, 0.5) is 0 Å². The number of ether oxygens (including phenoxy) is 1. The maximum absolute atomic E-state index is 9.17. The molecule has 1 aliphatic rings. The zero-order valence-corrected chi connectivity index (χ0v) is 15.8. The van der Waals surface area contributed by atoms with Crippen LogP contribution in [0.3, 0.4) is 0 Å². The molecule has 0 aliphatic carbocycles. The lowest BCUT2D eigenvalue weighted by molar-refractivity contribution is 0.408. The zero-order valence-electron chi connectivity index (χ0n) is 14.9. The molecule has 2 aromatic rings. The number of hydrogen-bond acceptors (Lipinski definition) is 6. The van der Waals surface area contributed by atoms with E-state index in [-0.39, 0.29) is 5.92 Å². The summed E-state index contributed by atoms with van der Waals surface area (Å²) in [5, 5.41) is 19.2. The van der Waals surface area contributed by atoms with Crippen molar-refractivity contribution >= 4 is 22.6 Å². The number of hydrogen-bond donors (Lipinski definition) is 0. The maximum atomic E-state index is 9.17. The Bertz CT molecular complexity index is 1010. The topological polar surface area (TPSA) is 75.5 Å². The molecule has 3 rings (SSSR count). The van der Waals surface area contributed by atoms with Crippen LogP contribution in [-0.2, 0) is 0 Å². The van der Waals surface area contributed by atoms with E-state index >= 15 is 0 Å². The second-order valence-corrected chi connectivity index (χ2v) is 7.18. The first-order valence-electron chi connectivity index (χ1n) is 8.01. The summed E-state index contributed by atoms with van der Waals surface area (Å²) >= 11 is 1.49. The second kappa shape index (κ2) is 7.07. The number of aliphatic imine (C=N–C) groups is 1. The molecule has 0 radical (unpaired) electrons. The van der Waals surface area contributed by atoms with Crippen LogP contribution in [0.5, 0.6) is 5.75 Å². The number of allylic oxidation sites excluding steroid dienone is 1.